The first-order chi connectivity index (χ1) is 9.37. The molecular formula is C16H21N3O. The van der Waals surface area contributed by atoms with Gasteiger partial charge < -0.3 is 10.6 Å². The molecule has 106 valence electrons. The first kappa shape index (κ1) is 15.8. The summed E-state index contributed by atoms with van der Waals surface area (Å²) in [6, 6.07) is 9.73. The van der Waals surface area contributed by atoms with Gasteiger partial charge in [-0.3, -0.25) is 4.79 Å². The normalized spacial score (nSPS) is 11.7. The van der Waals surface area contributed by atoms with E-state index in [2.05, 4.69) is 17.6 Å². The first-order valence-corrected chi connectivity index (χ1v) is 6.64. The summed E-state index contributed by atoms with van der Waals surface area (Å²) in [7, 11) is 0. The lowest BCUT2D eigenvalue weighted by Gasteiger charge is -2.20. The van der Waals surface area contributed by atoms with Crippen LogP contribution in [-0.2, 0) is 11.2 Å². The SMILES string of the molecule is CCc1ccccc1N/C=C(/C#N)C(=O)NC(C)(C)C. The van der Waals surface area contributed by atoms with E-state index >= 15 is 0 Å². The molecule has 0 heterocycles. The Hall–Kier alpha value is -2.28. The van der Waals surface area contributed by atoms with Crippen molar-refractivity contribution in [3.63, 3.8) is 0 Å². The zero-order valence-corrected chi connectivity index (χ0v) is 12.4. The van der Waals surface area contributed by atoms with Crippen LogP contribution in [-0.4, -0.2) is 11.4 Å². The van der Waals surface area contributed by atoms with Crippen LogP contribution >= 0.6 is 0 Å². The lowest BCUT2D eigenvalue weighted by molar-refractivity contribution is -0.118. The molecule has 0 atom stereocenters. The van der Waals surface area contributed by atoms with E-state index in [0.717, 1.165) is 17.7 Å². The van der Waals surface area contributed by atoms with Crippen LogP contribution in [0.5, 0.6) is 0 Å². The summed E-state index contributed by atoms with van der Waals surface area (Å²) < 4.78 is 0. The third kappa shape index (κ3) is 4.77. The number of benzene rings is 1. The number of hydrogen-bond donors (Lipinski definition) is 2. The maximum Gasteiger partial charge on any atom is 0.263 e. The van der Waals surface area contributed by atoms with Gasteiger partial charge in [-0.05, 0) is 38.8 Å². The number of rotatable bonds is 4. The predicted molar refractivity (Wildman–Crippen MR) is 81.0 cm³/mol. The van der Waals surface area contributed by atoms with Crippen molar-refractivity contribution >= 4 is 11.6 Å². The smallest absolute Gasteiger partial charge is 0.263 e. The molecule has 0 radical (unpaired) electrons. The van der Waals surface area contributed by atoms with Crippen molar-refractivity contribution in [3.8, 4) is 6.07 Å². The molecule has 0 aromatic heterocycles. The Labute approximate surface area is 120 Å². The number of nitriles is 1. The van der Waals surface area contributed by atoms with Gasteiger partial charge >= 0.3 is 0 Å². The third-order valence-corrected chi connectivity index (χ3v) is 2.62. The fourth-order valence-corrected chi connectivity index (χ4v) is 1.68. The molecule has 1 amide bonds. The number of aryl methyl sites for hydroxylation is 1. The van der Waals surface area contributed by atoms with Gasteiger partial charge in [0, 0.05) is 17.4 Å². The molecule has 1 aromatic rings. The molecule has 0 bridgehead atoms. The highest BCUT2D eigenvalue weighted by molar-refractivity contribution is 5.97. The van der Waals surface area contributed by atoms with E-state index < -0.39 is 0 Å². The Morgan fingerprint density at radius 3 is 2.55 bits per heavy atom. The highest BCUT2D eigenvalue weighted by Crippen LogP contribution is 2.15. The monoisotopic (exact) mass is 271 g/mol. The predicted octanol–water partition coefficient (Wildman–Crippen LogP) is 2.98. The molecule has 1 aromatic carbocycles. The number of nitrogens with one attached hydrogen (secondary N) is 2. The minimum absolute atomic E-state index is 0.0610. The molecular weight excluding hydrogens is 250 g/mol. The van der Waals surface area contributed by atoms with Crippen molar-refractivity contribution in [2.24, 2.45) is 0 Å². The van der Waals surface area contributed by atoms with Gasteiger partial charge in [-0.15, -0.1) is 0 Å². The van der Waals surface area contributed by atoms with Gasteiger partial charge in [-0.25, -0.2) is 0 Å². The van der Waals surface area contributed by atoms with Crippen molar-refractivity contribution in [1.29, 1.82) is 5.26 Å². The summed E-state index contributed by atoms with van der Waals surface area (Å²) >= 11 is 0. The summed E-state index contributed by atoms with van der Waals surface area (Å²) in [6.07, 6.45) is 2.34. The van der Waals surface area contributed by atoms with E-state index in [4.69, 9.17) is 5.26 Å². The zero-order valence-electron chi connectivity index (χ0n) is 12.4. The maximum atomic E-state index is 11.9. The van der Waals surface area contributed by atoms with Gasteiger partial charge in [0.25, 0.3) is 5.91 Å². The van der Waals surface area contributed by atoms with Gasteiger partial charge in [0.2, 0.25) is 0 Å². The second-order valence-electron chi connectivity index (χ2n) is 5.53. The number of para-hydroxylation sites is 1. The van der Waals surface area contributed by atoms with E-state index in [1.54, 1.807) is 0 Å². The van der Waals surface area contributed by atoms with Gasteiger partial charge in [-0.1, -0.05) is 25.1 Å². The number of amides is 1. The Morgan fingerprint density at radius 1 is 1.35 bits per heavy atom. The van der Waals surface area contributed by atoms with Crippen molar-refractivity contribution in [3.05, 3.63) is 41.6 Å². The Balaban J connectivity index is 2.86. The summed E-state index contributed by atoms with van der Waals surface area (Å²) in [5.41, 5.74) is 1.74. The average Bonchev–Trinajstić information content (AvgIpc) is 2.37. The molecule has 0 unspecified atom stereocenters. The van der Waals surface area contributed by atoms with Gasteiger partial charge in [0.15, 0.2) is 0 Å². The second kappa shape index (κ2) is 6.76. The van der Waals surface area contributed by atoms with Crippen LogP contribution < -0.4 is 10.6 Å². The van der Waals surface area contributed by atoms with Crippen molar-refractivity contribution in [1.82, 2.24) is 5.32 Å². The average molecular weight is 271 g/mol. The molecule has 1 rings (SSSR count). The summed E-state index contributed by atoms with van der Waals surface area (Å²) in [4.78, 5) is 11.9. The number of nitrogens with zero attached hydrogens (tertiary/aromatic N) is 1. The Morgan fingerprint density at radius 2 is 2.00 bits per heavy atom. The molecule has 0 aliphatic carbocycles. The van der Waals surface area contributed by atoms with Crippen LogP contribution in [0.3, 0.4) is 0 Å². The lowest BCUT2D eigenvalue weighted by Crippen LogP contribution is -2.41. The number of carbonyl (C=O) groups excluding carboxylic acids is 1. The Kier molecular flexibility index (Phi) is 5.33. The van der Waals surface area contributed by atoms with Crippen LogP contribution in [0.4, 0.5) is 5.69 Å². The largest absolute Gasteiger partial charge is 0.360 e. The van der Waals surface area contributed by atoms with E-state index in [9.17, 15) is 4.79 Å². The summed E-state index contributed by atoms with van der Waals surface area (Å²) in [5.74, 6) is -0.374. The van der Waals surface area contributed by atoms with Crippen LogP contribution in [0, 0.1) is 11.3 Å². The number of anilines is 1. The molecule has 0 saturated carbocycles. The zero-order chi connectivity index (χ0) is 15.2. The summed E-state index contributed by atoms with van der Waals surface area (Å²) in [5, 5.41) is 14.9. The molecule has 4 heteroatoms. The minimum atomic E-state index is -0.374. The van der Waals surface area contributed by atoms with Crippen LogP contribution in [0.1, 0.15) is 33.3 Å². The molecule has 0 aliphatic rings. The van der Waals surface area contributed by atoms with Crippen molar-refractivity contribution < 1.29 is 4.79 Å². The van der Waals surface area contributed by atoms with E-state index in [0.29, 0.717) is 0 Å². The molecule has 0 saturated heterocycles. The highest BCUT2D eigenvalue weighted by atomic mass is 16.1. The van der Waals surface area contributed by atoms with Crippen LogP contribution in [0.25, 0.3) is 0 Å². The van der Waals surface area contributed by atoms with Crippen LogP contribution in [0.15, 0.2) is 36.0 Å². The lowest BCUT2D eigenvalue weighted by atomic mass is 10.1. The van der Waals surface area contributed by atoms with E-state index in [-0.39, 0.29) is 17.0 Å². The van der Waals surface area contributed by atoms with E-state index in [1.165, 1.54) is 6.20 Å². The number of hydrogen-bond acceptors (Lipinski definition) is 3. The molecule has 20 heavy (non-hydrogen) atoms. The van der Waals surface area contributed by atoms with Crippen molar-refractivity contribution in [2.75, 3.05) is 5.32 Å². The fraction of sp³-hybridized carbons (Fsp3) is 0.375. The molecule has 4 nitrogen and oxygen atoms in total. The van der Waals surface area contributed by atoms with Gasteiger partial charge in [0.05, 0.1) is 0 Å². The minimum Gasteiger partial charge on any atom is -0.360 e. The van der Waals surface area contributed by atoms with Crippen molar-refractivity contribution in [2.45, 2.75) is 39.7 Å². The Bertz CT molecular complexity index is 548. The first-order valence-electron chi connectivity index (χ1n) is 6.64. The van der Waals surface area contributed by atoms with Gasteiger partial charge in [0.1, 0.15) is 11.6 Å². The van der Waals surface area contributed by atoms with Crippen LogP contribution in [0.2, 0.25) is 0 Å². The molecule has 2 N–H and O–H groups in total. The quantitative estimate of drug-likeness (QED) is 0.653. The molecule has 0 fully saturated rings. The third-order valence-electron chi connectivity index (χ3n) is 2.62. The molecule has 0 spiro atoms. The number of carbonyl (C=O) groups is 1. The van der Waals surface area contributed by atoms with E-state index in [1.807, 2.05) is 51.1 Å². The fourth-order valence-electron chi connectivity index (χ4n) is 1.68. The molecule has 0 aliphatic heterocycles. The summed E-state index contributed by atoms with van der Waals surface area (Å²) in [6.45, 7) is 7.68. The van der Waals surface area contributed by atoms with Gasteiger partial charge in [-0.2, -0.15) is 5.26 Å². The topological polar surface area (TPSA) is 64.9 Å². The second-order valence-corrected chi connectivity index (χ2v) is 5.53. The standard InChI is InChI=1S/C16H21N3O/c1-5-12-8-6-7-9-14(12)18-11-13(10-17)15(20)19-16(2,3)4/h6-9,11,18H,5H2,1-4H3,(H,19,20)/b13-11-. The maximum absolute atomic E-state index is 11.9. The highest BCUT2D eigenvalue weighted by Gasteiger charge is 2.17.